The summed E-state index contributed by atoms with van der Waals surface area (Å²) in [6, 6.07) is 7.42. The predicted octanol–water partition coefficient (Wildman–Crippen LogP) is 6.76. The summed E-state index contributed by atoms with van der Waals surface area (Å²) in [4.78, 5) is 8.85. The van der Waals surface area contributed by atoms with E-state index < -0.39 is 0 Å². The molecule has 0 bridgehead atoms. The zero-order valence-electron chi connectivity index (χ0n) is 20.8. The maximum Gasteiger partial charge on any atom is 0.0894 e. The summed E-state index contributed by atoms with van der Waals surface area (Å²) in [7, 11) is 0. The third kappa shape index (κ3) is 8.97. The molecular weight excluding hydrogens is 404 g/mol. The standard InChI is InChI=1S/C29H42N4/c1-6-24-20-26(15-14-23(24)4)25(7-2)21-27(16-19-31-8-3)29(17-18-30-5)33-22-32-28-12-10-9-11-13-28/h8,14-21,25,28,31-32H,3,5-7,9-13,22H2,1-2,4H3/b18-17-,19-16-,27-21+,33-29-. The molecule has 0 spiro atoms. The minimum atomic E-state index is 0.292. The quantitative estimate of drug-likeness (QED) is 0.260. The van der Waals surface area contributed by atoms with Crippen LogP contribution in [0, 0.1) is 6.92 Å². The Labute approximate surface area is 201 Å². The van der Waals surface area contributed by atoms with E-state index in [9.17, 15) is 0 Å². The van der Waals surface area contributed by atoms with Crippen molar-refractivity contribution in [1.29, 1.82) is 0 Å². The van der Waals surface area contributed by atoms with E-state index in [1.807, 2.05) is 12.3 Å². The van der Waals surface area contributed by atoms with Gasteiger partial charge in [-0.1, -0.05) is 64.0 Å². The zero-order chi connectivity index (χ0) is 23.9. The van der Waals surface area contributed by atoms with Gasteiger partial charge in [0.2, 0.25) is 0 Å². The zero-order valence-corrected chi connectivity index (χ0v) is 20.8. The van der Waals surface area contributed by atoms with Gasteiger partial charge in [0.1, 0.15) is 0 Å². The molecule has 0 amide bonds. The van der Waals surface area contributed by atoms with Gasteiger partial charge in [-0.15, -0.1) is 0 Å². The average Bonchev–Trinajstić information content (AvgIpc) is 2.85. The van der Waals surface area contributed by atoms with Crippen molar-refractivity contribution in [2.24, 2.45) is 9.98 Å². The number of allylic oxidation sites excluding steroid dienone is 4. The number of aryl methyl sites for hydroxylation is 2. The largest absolute Gasteiger partial charge is 0.368 e. The molecule has 0 saturated heterocycles. The van der Waals surface area contributed by atoms with E-state index in [1.165, 1.54) is 48.8 Å². The van der Waals surface area contributed by atoms with E-state index in [0.717, 1.165) is 24.1 Å². The van der Waals surface area contributed by atoms with Crippen LogP contribution in [-0.4, -0.2) is 25.1 Å². The van der Waals surface area contributed by atoms with Crippen LogP contribution in [0.4, 0.5) is 0 Å². The molecular formula is C29H42N4. The molecule has 1 saturated carbocycles. The molecule has 1 aliphatic rings. The van der Waals surface area contributed by atoms with Gasteiger partial charge in [0.05, 0.1) is 12.4 Å². The minimum absolute atomic E-state index is 0.292. The molecule has 0 heterocycles. The Bertz CT molecular complexity index is 870. The van der Waals surface area contributed by atoms with Crippen LogP contribution in [0.1, 0.15) is 75.0 Å². The molecule has 4 heteroatoms. The maximum atomic E-state index is 4.92. The highest BCUT2D eigenvalue weighted by Gasteiger charge is 2.13. The van der Waals surface area contributed by atoms with Crippen LogP contribution in [0.25, 0.3) is 0 Å². The first-order valence-electron chi connectivity index (χ1n) is 12.4. The molecule has 0 radical (unpaired) electrons. The number of benzene rings is 1. The van der Waals surface area contributed by atoms with Crippen molar-refractivity contribution >= 4 is 12.4 Å². The predicted molar refractivity (Wildman–Crippen MR) is 145 cm³/mol. The fraction of sp³-hybridized carbons (Fsp3) is 0.448. The number of aliphatic imine (C=N–C) groups is 2. The summed E-state index contributed by atoms with van der Waals surface area (Å²) in [6.07, 6.45) is 20.1. The van der Waals surface area contributed by atoms with Crippen LogP contribution in [0.15, 0.2) is 77.2 Å². The second kappa shape index (κ2) is 15.2. The number of nitrogens with zero attached hydrogens (tertiary/aromatic N) is 2. The Kier molecular flexibility index (Phi) is 12.2. The molecule has 1 fully saturated rings. The van der Waals surface area contributed by atoms with Crippen molar-refractivity contribution in [1.82, 2.24) is 10.6 Å². The van der Waals surface area contributed by atoms with E-state index in [4.69, 9.17) is 4.99 Å². The summed E-state index contributed by atoms with van der Waals surface area (Å²) in [5, 5.41) is 6.69. The van der Waals surface area contributed by atoms with Crippen molar-refractivity contribution in [3.05, 3.63) is 83.9 Å². The average molecular weight is 447 g/mol. The van der Waals surface area contributed by atoms with Crippen molar-refractivity contribution in [2.75, 3.05) is 6.67 Å². The first-order valence-corrected chi connectivity index (χ1v) is 12.4. The highest BCUT2D eigenvalue weighted by molar-refractivity contribution is 6.10. The Hall–Kier alpha value is -2.72. The van der Waals surface area contributed by atoms with E-state index in [0.29, 0.717) is 18.6 Å². The molecule has 33 heavy (non-hydrogen) atoms. The third-order valence-electron chi connectivity index (χ3n) is 6.35. The van der Waals surface area contributed by atoms with Gasteiger partial charge in [-0.25, -0.2) is 0 Å². The minimum Gasteiger partial charge on any atom is -0.368 e. The Morgan fingerprint density at radius 2 is 1.97 bits per heavy atom. The van der Waals surface area contributed by atoms with Gasteiger partial charge >= 0.3 is 0 Å². The van der Waals surface area contributed by atoms with Crippen LogP contribution < -0.4 is 10.6 Å². The van der Waals surface area contributed by atoms with Crippen LogP contribution in [0.5, 0.6) is 0 Å². The van der Waals surface area contributed by atoms with E-state index >= 15 is 0 Å². The van der Waals surface area contributed by atoms with Crippen molar-refractivity contribution < 1.29 is 0 Å². The summed E-state index contributed by atoms with van der Waals surface area (Å²) in [5.74, 6) is 0.292. The first kappa shape index (κ1) is 26.5. The Morgan fingerprint density at radius 1 is 1.18 bits per heavy atom. The van der Waals surface area contributed by atoms with Crippen LogP contribution >= 0.6 is 0 Å². The van der Waals surface area contributed by atoms with Crippen molar-refractivity contribution in [3.63, 3.8) is 0 Å². The lowest BCUT2D eigenvalue weighted by molar-refractivity contribution is 0.378. The normalized spacial score (nSPS) is 16.9. The lowest BCUT2D eigenvalue weighted by Crippen LogP contribution is -2.31. The van der Waals surface area contributed by atoms with Gasteiger partial charge in [-0.05, 0) is 79.9 Å². The SMILES string of the molecule is C=CN\C=C/C(=C\C(CC)c1ccc(C)c(CC)c1)C(/C=C\N=C)=N\CNC1CCCCC1. The third-order valence-corrected chi connectivity index (χ3v) is 6.35. The summed E-state index contributed by atoms with van der Waals surface area (Å²) >= 11 is 0. The summed E-state index contributed by atoms with van der Waals surface area (Å²) in [6.45, 7) is 14.6. The van der Waals surface area contributed by atoms with Gasteiger partial charge in [-0.2, -0.15) is 0 Å². The number of hydrogen-bond donors (Lipinski definition) is 2. The molecule has 4 nitrogen and oxygen atoms in total. The van der Waals surface area contributed by atoms with Gasteiger partial charge in [0.25, 0.3) is 0 Å². The van der Waals surface area contributed by atoms with E-state index in [2.05, 4.69) is 80.0 Å². The van der Waals surface area contributed by atoms with Gasteiger partial charge in [0, 0.05) is 24.4 Å². The summed E-state index contributed by atoms with van der Waals surface area (Å²) < 4.78 is 0. The van der Waals surface area contributed by atoms with Crippen LogP contribution in [0.3, 0.4) is 0 Å². The lowest BCUT2D eigenvalue weighted by Gasteiger charge is -2.22. The first-order chi connectivity index (χ1) is 16.1. The molecule has 1 atom stereocenters. The smallest absolute Gasteiger partial charge is 0.0894 e. The molecule has 1 unspecified atom stereocenters. The molecule has 178 valence electrons. The van der Waals surface area contributed by atoms with Gasteiger partial charge in [-0.3, -0.25) is 15.3 Å². The Morgan fingerprint density at radius 3 is 2.64 bits per heavy atom. The molecule has 1 aromatic rings. The fourth-order valence-corrected chi connectivity index (χ4v) is 4.33. The molecule has 1 aromatic carbocycles. The number of rotatable bonds is 13. The fourth-order valence-electron chi connectivity index (χ4n) is 4.33. The highest BCUT2D eigenvalue weighted by Crippen LogP contribution is 2.26. The van der Waals surface area contributed by atoms with Crippen LogP contribution in [-0.2, 0) is 6.42 Å². The van der Waals surface area contributed by atoms with Crippen LogP contribution in [0.2, 0.25) is 0 Å². The Balaban J connectivity index is 2.37. The molecule has 2 N–H and O–H groups in total. The molecule has 0 aromatic heterocycles. The van der Waals surface area contributed by atoms with E-state index in [1.54, 1.807) is 12.4 Å². The lowest BCUT2D eigenvalue weighted by atomic mass is 9.90. The van der Waals surface area contributed by atoms with Crippen molar-refractivity contribution in [2.45, 2.75) is 77.7 Å². The second-order valence-corrected chi connectivity index (χ2v) is 8.62. The molecule has 0 aliphatic heterocycles. The second-order valence-electron chi connectivity index (χ2n) is 8.62. The molecule has 1 aliphatic carbocycles. The van der Waals surface area contributed by atoms with Gasteiger partial charge < -0.3 is 5.32 Å². The monoisotopic (exact) mass is 446 g/mol. The summed E-state index contributed by atoms with van der Waals surface area (Å²) in [5.41, 5.74) is 6.06. The van der Waals surface area contributed by atoms with Gasteiger partial charge in [0.15, 0.2) is 0 Å². The van der Waals surface area contributed by atoms with Crippen molar-refractivity contribution in [3.8, 4) is 0 Å². The molecule has 2 rings (SSSR count). The number of nitrogens with one attached hydrogen (secondary N) is 2. The highest BCUT2D eigenvalue weighted by atomic mass is 15.0. The maximum absolute atomic E-state index is 4.92. The number of hydrogen-bond acceptors (Lipinski definition) is 4. The van der Waals surface area contributed by atoms with E-state index in [-0.39, 0.29) is 0 Å². The topological polar surface area (TPSA) is 48.8 Å².